The Hall–Kier alpha value is -3.00. The summed E-state index contributed by atoms with van der Waals surface area (Å²) in [4.78, 5) is 16.8. The lowest BCUT2D eigenvalue weighted by molar-refractivity contribution is 0.654. The summed E-state index contributed by atoms with van der Waals surface area (Å²) in [5.41, 5.74) is 10.7. The van der Waals surface area contributed by atoms with Gasteiger partial charge in [0, 0.05) is 61.0 Å². The molecule has 238 valence electrons. The highest BCUT2D eigenvalue weighted by atomic mass is 32.1. The third-order valence-corrected chi connectivity index (χ3v) is 15.6. The van der Waals surface area contributed by atoms with Gasteiger partial charge in [-0.2, -0.15) is 8.75 Å². The second-order valence-corrected chi connectivity index (χ2v) is 18.6. The van der Waals surface area contributed by atoms with Crippen LogP contribution in [-0.4, -0.2) is 37.4 Å². The number of hydrogen-bond acceptors (Lipinski definition) is 11. The van der Waals surface area contributed by atoms with E-state index in [4.69, 9.17) is 18.7 Å². The predicted octanol–water partition coefficient (Wildman–Crippen LogP) is 11.6. The quantitative estimate of drug-likeness (QED) is 0.163. The van der Waals surface area contributed by atoms with E-state index in [1.165, 1.54) is 70.6 Å². The first-order valence-corrected chi connectivity index (χ1v) is 20.7. The van der Waals surface area contributed by atoms with Crippen LogP contribution < -0.4 is 4.90 Å². The Bertz CT molecular complexity index is 2640. The highest BCUT2D eigenvalue weighted by molar-refractivity contribution is 7.36. The summed E-state index contributed by atoms with van der Waals surface area (Å²) in [5.74, 6) is 0.656. The minimum atomic E-state index is 0.656. The molecule has 0 N–H and O–H groups in total. The van der Waals surface area contributed by atoms with Gasteiger partial charge in [0.05, 0.1) is 53.3 Å². The number of hydrogen-bond donors (Lipinski definition) is 0. The largest absolute Gasteiger partial charge is 0.370 e. The Labute approximate surface area is 296 Å². The molecule has 9 rings (SSSR count). The third kappa shape index (κ3) is 4.48. The predicted molar refractivity (Wildman–Crippen MR) is 211 cm³/mol. The minimum Gasteiger partial charge on any atom is -0.370 e. The lowest BCUT2D eigenvalue weighted by atomic mass is 10.0. The van der Waals surface area contributed by atoms with E-state index in [-0.39, 0.29) is 0 Å². The Morgan fingerprint density at radius 3 is 1.96 bits per heavy atom. The van der Waals surface area contributed by atoms with Crippen molar-refractivity contribution in [2.24, 2.45) is 13.0 Å². The van der Waals surface area contributed by atoms with Crippen molar-refractivity contribution in [2.45, 2.75) is 47.0 Å². The molecule has 0 atom stereocenters. The highest BCUT2D eigenvalue weighted by Gasteiger charge is 2.27. The monoisotopic (exact) mass is 728 g/mol. The zero-order valence-electron chi connectivity index (χ0n) is 27.1. The van der Waals surface area contributed by atoms with Crippen LogP contribution >= 0.6 is 68.4 Å². The molecule has 0 saturated carbocycles. The van der Waals surface area contributed by atoms with Crippen molar-refractivity contribution >= 4 is 135 Å². The van der Waals surface area contributed by atoms with Crippen LogP contribution in [0.2, 0.25) is 0 Å². The van der Waals surface area contributed by atoms with Crippen molar-refractivity contribution in [3.63, 3.8) is 0 Å². The van der Waals surface area contributed by atoms with Crippen LogP contribution in [0.4, 0.5) is 5.00 Å². The molecule has 6 nitrogen and oxygen atoms in total. The molecule has 8 heterocycles. The fraction of sp³-hybridized carbons (Fsp3) is 0.314. The van der Waals surface area contributed by atoms with Gasteiger partial charge < -0.3 is 9.47 Å². The maximum atomic E-state index is 5.41. The molecule has 1 aromatic carbocycles. The first kappa shape index (κ1) is 30.1. The summed E-state index contributed by atoms with van der Waals surface area (Å²) >= 11 is 10.7. The molecule has 12 heteroatoms. The molecule has 0 aliphatic rings. The fourth-order valence-electron chi connectivity index (χ4n) is 6.72. The van der Waals surface area contributed by atoms with Gasteiger partial charge in [0.15, 0.2) is 0 Å². The standard InChI is InChI=1S/C35H32N6S6/c1-8-17-18(9-2)37-29-27(23-13-24-34(45-23)32-35(46-24)33-19(41(32)7)11-16(42-33)10-15(3)4)31-30(38-47-39-31)26(28(29)36-17)22-12-20-21(43-22)14-25(44-20)40(5)6/h11-15H,8-10H2,1-7H3. The number of aromatic nitrogens is 5. The summed E-state index contributed by atoms with van der Waals surface area (Å²) < 4.78 is 20.4. The van der Waals surface area contributed by atoms with Crippen LogP contribution in [0.25, 0.3) is 82.2 Å². The molecule has 0 spiro atoms. The summed E-state index contributed by atoms with van der Waals surface area (Å²) in [5, 5.41) is 1.26. The first-order chi connectivity index (χ1) is 22.7. The molecule has 0 saturated heterocycles. The molecule has 8 aromatic heterocycles. The number of benzene rings is 1. The molecule has 0 unspecified atom stereocenters. The summed E-state index contributed by atoms with van der Waals surface area (Å²) in [6.45, 7) is 8.96. The second-order valence-electron chi connectivity index (χ2n) is 12.7. The lowest BCUT2D eigenvalue weighted by Crippen LogP contribution is -2.05. The molecular weight excluding hydrogens is 697 g/mol. The molecule has 0 aliphatic heterocycles. The van der Waals surface area contributed by atoms with Crippen molar-refractivity contribution in [3.8, 4) is 20.9 Å². The molecule has 0 fully saturated rings. The van der Waals surface area contributed by atoms with Gasteiger partial charge >= 0.3 is 0 Å². The van der Waals surface area contributed by atoms with Crippen LogP contribution in [0, 0.1) is 5.92 Å². The maximum absolute atomic E-state index is 5.41. The topological polar surface area (TPSA) is 59.7 Å². The fourth-order valence-corrected chi connectivity index (χ4v) is 13.9. The first-order valence-electron chi connectivity index (χ1n) is 15.9. The van der Waals surface area contributed by atoms with Crippen molar-refractivity contribution in [3.05, 3.63) is 40.5 Å². The zero-order chi connectivity index (χ0) is 32.3. The zero-order valence-corrected chi connectivity index (χ0v) is 32.0. The normalized spacial score (nSPS) is 12.6. The van der Waals surface area contributed by atoms with E-state index in [9.17, 15) is 0 Å². The third-order valence-electron chi connectivity index (χ3n) is 8.90. The van der Waals surface area contributed by atoms with Crippen LogP contribution in [0.1, 0.15) is 44.0 Å². The van der Waals surface area contributed by atoms with Gasteiger partial charge in [-0.05, 0) is 49.4 Å². The van der Waals surface area contributed by atoms with E-state index in [1.807, 2.05) is 56.7 Å². The van der Waals surface area contributed by atoms with E-state index < -0.39 is 0 Å². The van der Waals surface area contributed by atoms with Crippen LogP contribution in [0.5, 0.6) is 0 Å². The Balaban J connectivity index is 1.30. The van der Waals surface area contributed by atoms with E-state index in [0.29, 0.717) is 5.92 Å². The van der Waals surface area contributed by atoms with Gasteiger partial charge in [0.1, 0.15) is 22.1 Å². The SMILES string of the molecule is CCc1nc2c(-c3cc4sc(N(C)C)cc4s3)c3nsnc3c(-c3cc4sc5c6sc(CC(C)C)cc6n(C)c5c4s3)c2nc1CC. The van der Waals surface area contributed by atoms with Crippen molar-refractivity contribution in [1.29, 1.82) is 0 Å². The van der Waals surface area contributed by atoms with Gasteiger partial charge in [0.25, 0.3) is 0 Å². The Morgan fingerprint density at radius 2 is 1.34 bits per heavy atom. The number of anilines is 1. The maximum Gasteiger partial charge on any atom is 0.116 e. The molecule has 0 amide bonds. The van der Waals surface area contributed by atoms with Crippen LogP contribution in [-0.2, 0) is 26.3 Å². The van der Waals surface area contributed by atoms with Crippen molar-refractivity contribution in [2.75, 3.05) is 19.0 Å². The summed E-state index contributed by atoms with van der Waals surface area (Å²) in [6.07, 6.45) is 2.82. The number of thiophene rings is 5. The van der Waals surface area contributed by atoms with Crippen LogP contribution in [0.15, 0.2) is 24.3 Å². The van der Waals surface area contributed by atoms with Crippen molar-refractivity contribution < 1.29 is 0 Å². The van der Waals surface area contributed by atoms with E-state index in [1.54, 1.807) is 0 Å². The van der Waals surface area contributed by atoms with Gasteiger partial charge in [-0.1, -0.05) is 27.7 Å². The number of aryl methyl sites for hydroxylation is 3. The minimum absolute atomic E-state index is 0.656. The lowest BCUT2D eigenvalue weighted by Gasteiger charge is -2.13. The number of nitrogens with zero attached hydrogens (tertiary/aromatic N) is 6. The molecule has 0 bridgehead atoms. The number of rotatable bonds is 7. The molecule has 47 heavy (non-hydrogen) atoms. The highest BCUT2D eigenvalue weighted by Crippen LogP contribution is 2.52. The van der Waals surface area contributed by atoms with E-state index in [2.05, 4.69) is 82.6 Å². The van der Waals surface area contributed by atoms with Gasteiger partial charge in [-0.15, -0.1) is 56.7 Å². The van der Waals surface area contributed by atoms with E-state index >= 15 is 0 Å². The average molecular weight is 729 g/mol. The smallest absolute Gasteiger partial charge is 0.116 e. The average Bonchev–Trinajstić information content (AvgIpc) is 3.87. The van der Waals surface area contributed by atoms with Crippen LogP contribution in [0.3, 0.4) is 0 Å². The molecule has 0 aliphatic carbocycles. The second kappa shape index (κ2) is 11.0. The summed E-state index contributed by atoms with van der Waals surface area (Å²) in [7, 11) is 6.43. The summed E-state index contributed by atoms with van der Waals surface area (Å²) in [6, 6.07) is 9.39. The molecule has 9 aromatic rings. The Kier molecular flexibility index (Phi) is 7.05. The molecular formula is C35H32N6S6. The Morgan fingerprint density at radius 1 is 0.702 bits per heavy atom. The number of fused-ring (bicyclic) bond motifs is 8. The van der Waals surface area contributed by atoms with Gasteiger partial charge in [-0.25, -0.2) is 9.97 Å². The molecule has 0 radical (unpaired) electrons. The van der Waals surface area contributed by atoms with Gasteiger partial charge in [0.2, 0.25) is 0 Å². The van der Waals surface area contributed by atoms with Gasteiger partial charge in [-0.3, -0.25) is 0 Å². The van der Waals surface area contributed by atoms with E-state index in [0.717, 1.165) is 63.8 Å². The van der Waals surface area contributed by atoms with Crippen molar-refractivity contribution in [1.82, 2.24) is 23.3 Å².